The van der Waals surface area contributed by atoms with Crippen molar-refractivity contribution in [3.8, 4) is 0 Å². The van der Waals surface area contributed by atoms with Gasteiger partial charge in [-0.05, 0) is 36.8 Å². The van der Waals surface area contributed by atoms with E-state index in [1.807, 2.05) is 0 Å². The summed E-state index contributed by atoms with van der Waals surface area (Å²) in [6.07, 6.45) is 4.75. The van der Waals surface area contributed by atoms with Crippen LogP contribution in [0.5, 0.6) is 0 Å². The first-order valence-corrected chi connectivity index (χ1v) is 8.86. The average molecular weight is 316 g/mol. The number of amides is 1. The van der Waals surface area contributed by atoms with Crippen LogP contribution in [0.1, 0.15) is 31.7 Å². The molecule has 0 bridgehead atoms. The Morgan fingerprint density at radius 1 is 1.35 bits per heavy atom. The van der Waals surface area contributed by atoms with Crippen molar-refractivity contribution in [2.24, 2.45) is 5.41 Å². The van der Waals surface area contributed by atoms with E-state index in [9.17, 15) is 4.79 Å². The zero-order valence-electron chi connectivity index (χ0n) is 14.1. The summed E-state index contributed by atoms with van der Waals surface area (Å²) >= 11 is 0. The minimum absolute atomic E-state index is 0.123. The summed E-state index contributed by atoms with van der Waals surface area (Å²) in [6.45, 7) is 5.89. The van der Waals surface area contributed by atoms with Gasteiger partial charge in [0.05, 0.1) is 13.2 Å². The third-order valence-electron chi connectivity index (χ3n) is 5.42. The Kier molecular flexibility index (Phi) is 5.34. The summed E-state index contributed by atoms with van der Waals surface area (Å²) in [7, 11) is 0. The fourth-order valence-electron chi connectivity index (χ4n) is 3.77. The number of hydrogen-bond acceptors (Lipinski definition) is 3. The highest BCUT2D eigenvalue weighted by Crippen LogP contribution is 2.43. The second kappa shape index (κ2) is 7.45. The third kappa shape index (κ3) is 3.93. The molecule has 1 heterocycles. The van der Waals surface area contributed by atoms with Crippen LogP contribution in [0.25, 0.3) is 0 Å². The normalized spacial score (nSPS) is 24.0. The Morgan fingerprint density at radius 3 is 2.78 bits per heavy atom. The molecule has 0 aromatic heterocycles. The summed E-state index contributed by atoms with van der Waals surface area (Å²) < 4.78 is 5.50. The molecule has 1 amide bonds. The second-order valence-corrected chi connectivity index (χ2v) is 6.95. The van der Waals surface area contributed by atoms with Gasteiger partial charge in [-0.3, -0.25) is 9.69 Å². The minimum atomic E-state index is -0.123. The highest BCUT2D eigenvalue weighted by atomic mass is 16.5. The number of nitrogens with zero attached hydrogens (tertiary/aromatic N) is 1. The van der Waals surface area contributed by atoms with Gasteiger partial charge in [-0.2, -0.15) is 0 Å². The zero-order valence-corrected chi connectivity index (χ0v) is 14.1. The molecule has 1 saturated carbocycles. The molecule has 0 unspecified atom stereocenters. The standard InChI is InChI=1S/C19H28N2O2/c1-2-21-11-12-23-14-17(21)18(22)20-15-19(9-6-10-19)13-16-7-4-3-5-8-16/h3-5,7-8,17H,2,6,9-15H2,1H3,(H,20,22)/t17-/m1/s1. The quantitative estimate of drug-likeness (QED) is 0.875. The van der Waals surface area contributed by atoms with Crippen molar-refractivity contribution < 1.29 is 9.53 Å². The van der Waals surface area contributed by atoms with Crippen LogP contribution in [0.4, 0.5) is 0 Å². The Balaban J connectivity index is 1.56. The molecule has 1 saturated heterocycles. The van der Waals surface area contributed by atoms with Crippen molar-refractivity contribution in [2.45, 2.75) is 38.6 Å². The van der Waals surface area contributed by atoms with Crippen LogP contribution in [0.15, 0.2) is 30.3 Å². The molecule has 4 heteroatoms. The van der Waals surface area contributed by atoms with Gasteiger partial charge in [0.25, 0.3) is 0 Å². The van der Waals surface area contributed by atoms with Gasteiger partial charge in [-0.1, -0.05) is 43.7 Å². The Morgan fingerprint density at radius 2 is 2.13 bits per heavy atom. The maximum atomic E-state index is 12.6. The van der Waals surface area contributed by atoms with Crippen LogP contribution in [0.2, 0.25) is 0 Å². The predicted octanol–water partition coefficient (Wildman–Crippen LogP) is 2.24. The molecular weight excluding hydrogens is 288 g/mol. The first kappa shape index (κ1) is 16.5. The first-order valence-electron chi connectivity index (χ1n) is 8.86. The number of nitrogens with one attached hydrogen (secondary N) is 1. The molecular formula is C19H28N2O2. The van der Waals surface area contributed by atoms with E-state index >= 15 is 0 Å². The number of benzene rings is 1. The van der Waals surface area contributed by atoms with Gasteiger partial charge in [0.2, 0.25) is 5.91 Å². The number of carbonyl (C=O) groups is 1. The number of rotatable bonds is 6. The molecule has 0 radical (unpaired) electrons. The Labute approximate surface area is 139 Å². The van der Waals surface area contributed by atoms with Gasteiger partial charge in [0, 0.05) is 13.1 Å². The van der Waals surface area contributed by atoms with Crippen LogP contribution in [0, 0.1) is 5.41 Å². The summed E-state index contributed by atoms with van der Waals surface area (Å²) in [4.78, 5) is 14.8. The Hall–Kier alpha value is -1.39. The van der Waals surface area contributed by atoms with Crippen molar-refractivity contribution in [3.63, 3.8) is 0 Å². The molecule has 1 aliphatic carbocycles. The molecule has 3 rings (SSSR count). The van der Waals surface area contributed by atoms with E-state index < -0.39 is 0 Å². The molecule has 1 aliphatic heterocycles. The van der Waals surface area contributed by atoms with Crippen molar-refractivity contribution in [3.05, 3.63) is 35.9 Å². The van der Waals surface area contributed by atoms with Crippen molar-refractivity contribution >= 4 is 5.91 Å². The lowest BCUT2D eigenvalue weighted by Gasteiger charge is -2.43. The van der Waals surface area contributed by atoms with E-state index in [1.165, 1.54) is 24.8 Å². The van der Waals surface area contributed by atoms with E-state index in [4.69, 9.17) is 4.74 Å². The van der Waals surface area contributed by atoms with Crippen LogP contribution in [0.3, 0.4) is 0 Å². The van der Waals surface area contributed by atoms with Crippen LogP contribution in [-0.2, 0) is 16.0 Å². The number of morpholine rings is 1. The minimum Gasteiger partial charge on any atom is -0.378 e. The summed E-state index contributed by atoms with van der Waals surface area (Å²) in [6, 6.07) is 10.5. The maximum absolute atomic E-state index is 12.6. The van der Waals surface area contributed by atoms with E-state index in [0.717, 1.165) is 32.7 Å². The highest BCUT2D eigenvalue weighted by Gasteiger charge is 2.38. The number of carbonyl (C=O) groups excluding carboxylic acids is 1. The lowest BCUT2D eigenvalue weighted by atomic mass is 9.65. The van der Waals surface area contributed by atoms with Gasteiger partial charge in [-0.25, -0.2) is 0 Å². The molecule has 23 heavy (non-hydrogen) atoms. The second-order valence-electron chi connectivity index (χ2n) is 6.95. The molecule has 1 aromatic rings. The maximum Gasteiger partial charge on any atom is 0.239 e. The molecule has 126 valence electrons. The molecule has 1 aromatic carbocycles. The lowest BCUT2D eigenvalue weighted by molar-refractivity contribution is -0.133. The molecule has 1 N–H and O–H groups in total. The molecule has 1 atom stereocenters. The Bertz CT molecular complexity index is 513. The van der Waals surface area contributed by atoms with Crippen LogP contribution >= 0.6 is 0 Å². The van der Waals surface area contributed by atoms with Gasteiger partial charge < -0.3 is 10.1 Å². The first-order chi connectivity index (χ1) is 11.2. The number of hydrogen-bond donors (Lipinski definition) is 1. The van der Waals surface area contributed by atoms with Gasteiger partial charge in [0.15, 0.2) is 0 Å². The monoisotopic (exact) mass is 316 g/mol. The van der Waals surface area contributed by atoms with Gasteiger partial charge in [0.1, 0.15) is 6.04 Å². The summed E-state index contributed by atoms with van der Waals surface area (Å²) in [5.41, 5.74) is 1.63. The predicted molar refractivity (Wildman–Crippen MR) is 91.3 cm³/mol. The van der Waals surface area contributed by atoms with Crippen LogP contribution < -0.4 is 5.32 Å². The largest absolute Gasteiger partial charge is 0.378 e. The van der Waals surface area contributed by atoms with Crippen LogP contribution in [-0.4, -0.2) is 49.7 Å². The number of ether oxygens (including phenoxy) is 1. The topological polar surface area (TPSA) is 41.6 Å². The summed E-state index contributed by atoms with van der Waals surface area (Å²) in [5.74, 6) is 0.130. The van der Waals surface area contributed by atoms with E-state index in [-0.39, 0.29) is 17.4 Å². The third-order valence-corrected chi connectivity index (χ3v) is 5.42. The smallest absolute Gasteiger partial charge is 0.239 e. The van der Waals surface area contributed by atoms with Crippen molar-refractivity contribution in [2.75, 3.05) is 32.8 Å². The fourth-order valence-corrected chi connectivity index (χ4v) is 3.77. The number of likely N-dealkylation sites (N-methyl/N-ethyl adjacent to an activating group) is 1. The van der Waals surface area contributed by atoms with Gasteiger partial charge >= 0.3 is 0 Å². The van der Waals surface area contributed by atoms with Crippen molar-refractivity contribution in [1.29, 1.82) is 0 Å². The molecule has 2 fully saturated rings. The average Bonchev–Trinajstić information content (AvgIpc) is 2.57. The lowest BCUT2D eigenvalue weighted by Crippen LogP contribution is -2.55. The highest BCUT2D eigenvalue weighted by molar-refractivity contribution is 5.82. The molecule has 4 nitrogen and oxygen atoms in total. The zero-order chi connectivity index (χ0) is 16.1. The van der Waals surface area contributed by atoms with E-state index in [0.29, 0.717) is 6.61 Å². The van der Waals surface area contributed by atoms with E-state index in [1.54, 1.807) is 0 Å². The van der Waals surface area contributed by atoms with Gasteiger partial charge in [-0.15, -0.1) is 0 Å². The summed E-state index contributed by atoms with van der Waals surface area (Å²) in [5, 5.41) is 3.22. The molecule has 0 spiro atoms. The van der Waals surface area contributed by atoms with E-state index in [2.05, 4.69) is 47.5 Å². The fraction of sp³-hybridized carbons (Fsp3) is 0.632. The van der Waals surface area contributed by atoms with Crippen molar-refractivity contribution in [1.82, 2.24) is 10.2 Å². The SMILES string of the molecule is CCN1CCOC[C@@H]1C(=O)NCC1(Cc2ccccc2)CCC1. The molecule has 2 aliphatic rings.